The summed E-state index contributed by atoms with van der Waals surface area (Å²) in [5, 5.41) is 6.66. The van der Waals surface area contributed by atoms with Crippen LogP contribution in [0, 0.1) is 5.92 Å². The third kappa shape index (κ3) is 8.41. The van der Waals surface area contributed by atoms with Crippen LogP contribution in [0.15, 0.2) is 41.3 Å². The van der Waals surface area contributed by atoms with Crippen LogP contribution in [0.5, 0.6) is 0 Å². The van der Waals surface area contributed by atoms with Crippen molar-refractivity contribution < 1.29 is 27.5 Å². The average Bonchev–Trinajstić information content (AvgIpc) is 2.76. The predicted molar refractivity (Wildman–Crippen MR) is 144 cm³/mol. The summed E-state index contributed by atoms with van der Waals surface area (Å²) in [5.74, 6) is -0.288. The monoisotopic (exact) mass is 533 g/mol. The number of nitrogens with one attached hydrogen (secondary N) is 3. The summed E-state index contributed by atoms with van der Waals surface area (Å²) in [4.78, 5) is 26.1. The minimum absolute atomic E-state index is 0.121. The van der Waals surface area contributed by atoms with E-state index in [2.05, 4.69) is 15.4 Å². The van der Waals surface area contributed by atoms with Crippen molar-refractivity contribution in [3.8, 4) is 0 Å². The number of alkyl carbamates (subject to hydrolysis) is 1. The van der Waals surface area contributed by atoms with Crippen LogP contribution in [0.2, 0.25) is 0 Å². The van der Waals surface area contributed by atoms with Crippen molar-refractivity contribution in [1.29, 1.82) is 0 Å². The first-order valence-corrected chi connectivity index (χ1v) is 14.1. The predicted octanol–water partition coefficient (Wildman–Crippen LogP) is 4.57. The SMILES string of the molecule is CC(C)(C)NC(=O)O[C@@H](CC1CCOCC1)C(=O)Nc1cccc2c(S(=O)(=O)NC(C)(C)C)cccc12. The van der Waals surface area contributed by atoms with Gasteiger partial charge in [0.15, 0.2) is 6.10 Å². The Morgan fingerprint density at radius 3 is 2.22 bits per heavy atom. The molecule has 37 heavy (non-hydrogen) atoms. The maximum Gasteiger partial charge on any atom is 0.408 e. The smallest absolute Gasteiger partial charge is 0.408 e. The highest BCUT2D eigenvalue weighted by atomic mass is 32.2. The quantitative estimate of drug-likeness (QED) is 0.479. The molecular formula is C27H39N3O6S. The molecule has 3 rings (SSSR count). The molecule has 1 atom stereocenters. The molecule has 9 nitrogen and oxygen atoms in total. The van der Waals surface area contributed by atoms with Gasteiger partial charge in [0.05, 0.1) is 4.90 Å². The summed E-state index contributed by atoms with van der Waals surface area (Å²) in [6, 6.07) is 10.0. The molecule has 1 aliphatic heterocycles. The van der Waals surface area contributed by atoms with Crippen molar-refractivity contribution in [1.82, 2.24) is 10.0 Å². The third-order valence-corrected chi connectivity index (χ3v) is 7.59. The molecular weight excluding hydrogens is 494 g/mol. The summed E-state index contributed by atoms with van der Waals surface area (Å²) in [5.41, 5.74) is -0.739. The minimum atomic E-state index is -3.81. The Morgan fingerprint density at radius 2 is 1.59 bits per heavy atom. The Morgan fingerprint density at radius 1 is 0.973 bits per heavy atom. The largest absolute Gasteiger partial charge is 0.436 e. The molecule has 3 N–H and O–H groups in total. The highest BCUT2D eigenvalue weighted by Crippen LogP contribution is 2.30. The van der Waals surface area contributed by atoms with E-state index in [1.54, 1.807) is 51.1 Å². The Labute approximate surface area is 219 Å². The summed E-state index contributed by atoms with van der Waals surface area (Å²) in [6.07, 6.45) is 0.246. The van der Waals surface area contributed by atoms with Gasteiger partial charge in [-0.3, -0.25) is 4.79 Å². The first kappa shape index (κ1) is 28.9. The van der Waals surface area contributed by atoms with Crippen LogP contribution in [0.25, 0.3) is 10.8 Å². The minimum Gasteiger partial charge on any atom is -0.436 e. The number of carbonyl (C=O) groups is 2. The standard InChI is InChI=1S/C27H39N3O6S/c1-26(2,3)29-25(32)36-22(17-18-13-15-35-16-14-18)24(31)28-21-11-7-10-20-19(21)9-8-12-23(20)37(33,34)30-27(4,5)6/h7-12,18,22,30H,13-17H2,1-6H3,(H,28,31)(H,29,32)/t22-/m0/s1. The molecule has 0 aliphatic carbocycles. The average molecular weight is 534 g/mol. The van der Waals surface area contributed by atoms with Gasteiger partial charge < -0.3 is 20.1 Å². The summed E-state index contributed by atoms with van der Waals surface area (Å²) in [6.45, 7) is 12.0. The Hall–Kier alpha value is -2.69. The van der Waals surface area contributed by atoms with Gasteiger partial charge in [0.2, 0.25) is 10.0 Å². The van der Waals surface area contributed by atoms with E-state index >= 15 is 0 Å². The molecule has 204 valence electrons. The van der Waals surface area contributed by atoms with Gasteiger partial charge in [0.1, 0.15) is 0 Å². The van der Waals surface area contributed by atoms with Crippen molar-refractivity contribution in [2.45, 2.75) is 82.9 Å². The van der Waals surface area contributed by atoms with Gasteiger partial charge in [-0.1, -0.05) is 24.3 Å². The molecule has 1 saturated heterocycles. The second-order valence-electron chi connectivity index (χ2n) is 11.6. The molecule has 2 aromatic carbocycles. The van der Waals surface area contributed by atoms with Crippen molar-refractivity contribution in [3.05, 3.63) is 36.4 Å². The van der Waals surface area contributed by atoms with Crippen molar-refractivity contribution in [2.24, 2.45) is 5.92 Å². The van der Waals surface area contributed by atoms with Gasteiger partial charge in [0, 0.05) is 40.8 Å². The van der Waals surface area contributed by atoms with Crippen LogP contribution in [0.3, 0.4) is 0 Å². The lowest BCUT2D eigenvalue weighted by Gasteiger charge is -2.27. The van der Waals surface area contributed by atoms with Crippen LogP contribution in [-0.4, -0.2) is 50.8 Å². The van der Waals surface area contributed by atoms with Gasteiger partial charge in [-0.15, -0.1) is 0 Å². The Bertz CT molecular complexity index is 1220. The number of sulfonamides is 1. The third-order valence-electron chi connectivity index (χ3n) is 5.78. The van der Waals surface area contributed by atoms with Crippen LogP contribution in [-0.2, 0) is 24.3 Å². The lowest BCUT2D eigenvalue weighted by molar-refractivity contribution is -0.125. The zero-order valence-electron chi connectivity index (χ0n) is 22.5. The van der Waals surface area contributed by atoms with E-state index in [0.717, 1.165) is 12.8 Å². The van der Waals surface area contributed by atoms with Gasteiger partial charge in [-0.05, 0) is 78.9 Å². The lowest BCUT2D eigenvalue weighted by atomic mass is 9.93. The number of fused-ring (bicyclic) bond motifs is 1. The fourth-order valence-electron chi connectivity index (χ4n) is 4.25. The second-order valence-corrected chi connectivity index (χ2v) is 13.2. The number of carbonyl (C=O) groups excluding carboxylic acids is 2. The number of hydrogen-bond donors (Lipinski definition) is 3. The topological polar surface area (TPSA) is 123 Å². The summed E-state index contributed by atoms with van der Waals surface area (Å²) < 4.78 is 39.9. The van der Waals surface area contributed by atoms with Crippen LogP contribution in [0.1, 0.15) is 60.8 Å². The van der Waals surface area contributed by atoms with Gasteiger partial charge >= 0.3 is 6.09 Å². The van der Waals surface area contributed by atoms with Crippen LogP contribution in [0.4, 0.5) is 10.5 Å². The maximum atomic E-state index is 13.4. The molecule has 0 aromatic heterocycles. The Kier molecular flexibility index (Phi) is 8.87. The number of benzene rings is 2. The van der Waals surface area contributed by atoms with Crippen LogP contribution >= 0.6 is 0 Å². The molecule has 1 fully saturated rings. The van der Waals surface area contributed by atoms with Crippen molar-refractivity contribution in [3.63, 3.8) is 0 Å². The van der Waals surface area contributed by atoms with E-state index in [0.29, 0.717) is 36.1 Å². The first-order valence-electron chi connectivity index (χ1n) is 12.6. The van der Waals surface area contributed by atoms with E-state index in [9.17, 15) is 18.0 Å². The van der Waals surface area contributed by atoms with E-state index < -0.39 is 39.2 Å². The molecule has 1 heterocycles. The first-order chi connectivity index (χ1) is 17.1. The molecule has 0 spiro atoms. The molecule has 2 aromatic rings. The fraction of sp³-hybridized carbons (Fsp3) is 0.556. The number of anilines is 1. The van der Waals surface area contributed by atoms with Crippen LogP contribution < -0.4 is 15.4 Å². The molecule has 0 radical (unpaired) electrons. The molecule has 2 amide bonds. The molecule has 1 aliphatic rings. The summed E-state index contributed by atoms with van der Waals surface area (Å²) in [7, 11) is -3.81. The maximum absolute atomic E-state index is 13.4. The van der Waals surface area contributed by atoms with E-state index in [1.165, 1.54) is 6.07 Å². The molecule has 0 saturated carbocycles. The molecule has 10 heteroatoms. The van der Waals surface area contributed by atoms with E-state index in [-0.39, 0.29) is 10.8 Å². The lowest BCUT2D eigenvalue weighted by Crippen LogP contribution is -2.45. The van der Waals surface area contributed by atoms with E-state index in [4.69, 9.17) is 9.47 Å². The van der Waals surface area contributed by atoms with Gasteiger partial charge in [0.25, 0.3) is 5.91 Å². The van der Waals surface area contributed by atoms with Crippen molar-refractivity contribution >= 4 is 38.5 Å². The van der Waals surface area contributed by atoms with Gasteiger partial charge in [-0.2, -0.15) is 0 Å². The van der Waals surface area contributed by atoms with Crippen molar-refractivity contribution in [2.75, 3.05) is 18.5 Å². The number of rotatable bonds is 7. The zero-order chi connectivity index (χ0) is 27.4. The Balaban J connectivity index is 1.89. The molecule has 0 unspecified atom stereocenters. The second kappa shape index (κ2) is 11.4. The highest BCUT2D eigenvalue weighted by molar-refractivity contribution is 7.89. The number of ether oxygens (including phenoxy) is 2. The highest BCUT2D eigenvalue weighted by Gasteiger charge is 2.30. The van der Waals surface area contributed by atoms with Gasteiger partial charge in [-0.25, -0.2) is 17.9 Å². The number of amides is 2. The summed E-state index contributed by atoms with van der Waals surface area (Å²) >= 11 is 0. The number of hydrogen-bond acceptors (Lipinski definition) is 6. The normalized spacial score (nSPS) is 16.3. The zero-order valence-corrected chi connectivity index (χ0v) is 23.3. The molecule has 0 bridgehead atoms. The van der Waals surface area contributed by atoms with E-state index in [1.807, 2.05) is 20.8 Å². The fourth-order valence-corrected chi connectivity index (χ4v) is 5.90.